The Hall–Kier alpha value is -1.11. The van der Waals surface area contributed by atoms with E-state index >= 15 is 0 Å². The summed E-state index contributed by atoms with van der Waals surface area (Å²) in [5.41, 5.74) is 3.19. The summed E-state index contributed by atoms with van der Waals surface area (Å²) in [7, 11) is -3.44. The topological polar surface area (TPSA) is 75.4 Å². The highest BCUT2D eigenvalue weighted by atomic mass is 32.2. The first-order valence-corrected chi connectivity index (χ1v) is 8.38. The molecule has 1 aromatic rings. The molecule has 0 bridgehead atoms. The van der Waals surface area contributed by atoms with Crippen LogP contribution in [0.15, 0.2) is 29.2 Å². The number of nitrogens with two attached hydrogens (primary N) is 1. The second-order valence-corrected chi connectivity index (χ2v) is 7.69. The lowest BCUT2D eigenvalue weighted by Crippen LogP contribution is -2.48. The summed E-state index contributed by atoms with van der Waals surface area (Å²) >= 11 is 0. The Labute approximate surface area is 121 Å². The molecule has 1 aliphatic heterocycles. The third kappa shape index (κ3) is 2.82. The van der Waals surface area contributed by atoms with Crippen molar-refractivity contribution >= 4 is 15.7 Å². The maximum atomic E-state index is 12.8. The molecule has 0 spiro atoms. The van der Waals surface area contributed by atoms with Crippen molar-refractivity contribution < 1.29 is 8.42 Å². The van der Waals surface area contributed by atoms with Crippen LogP contribution in [-0.4, -0.2) is 25.3 Å². The fraction of sp³-hybridized carbons (Fsp3) is 0.571. The number of nitrogens with one attached hydrogen (secondary N) is 1. The third-order valence-corrected chi connectivity index (χ3v) is 6.14. The molecule has 112 valence electrons. The molecule has 0 aliphatic carbocycles. The number of rotatable bonds is 3. The van der Waals surface area contributed by atoms with Crippen LogP contribution in [0.1, 0.15) is 27.2 Å². The van der Waals surface area contributed by atoms with Gasteiger partial charge in [0.05, 0.1) is 4.90 Å². The lowest BCUT2D eigenvalue weighted by Gasteiger charge is -2.40. The van der Waals surface area contributed by atoms with Crippen molar-refractivity contribution in [1.82, 2.24) is 4.31 Å². The zero-order valence-electron chi connectivity index (χ0n) is 12.2. The van der Waals surface area contributed by atoms with Gasteiger partial charge in [-0.1, -0.05) is 13.8 Å². The van der Waals surface area contributed by atoms with Gasteiger partial charge in [0.2, 0.25) is 10.0 Å². The molecule has 1 aromatic carbocycles. The number of anilines is 1. The minimum Gasteiger partial charge on any atom is -0.324 e. The molecule has 5 nitrogen and oxygen atoms in total. The van der Waals surface area contributed by atoms with E-state index in [1.165, 1.54) is 0 Å². The van der Waals surface area contributed by atoms with Gasteiger partial charge in [-0.25, -0.2) is 8.42 Å². The Morgan fingerprint density at radius 1 is 1.20 bits per heavy atom. The van der Waals surface area contributed by atoms with Crippen molar-refractivity contribution in [2.45, 2.75) is 38.1 Å². The summed E-state index contributed by atoms with van der Waals surface area (Å²) in [5, 5.41) is 0. The highest BCUT2D eigenvalue weighted by molar-refractivity contribution is 7.89. The normalized spacial score (nSPS) is 28.3. The van der Waals surface area contributed by atoms with Crippen molar-refractivity contribution in [2.24, 2.45) is 17.7 Å². The Bertz CT molecular complexity index is 556. The summed E-state index contributed by atoms with van der Waals surface area (Å²) in [5.74, 6) is 6.06. The number of hydrogen-bond acceptors (Lipinski definition) is 4. The van der Waals surface area contributed by atoms with E-state index in [-0.39, 0.29) is 6.04 Å². The predicted octanol–water partition coefficient (Wildman–Crippen LogP) is 2.03. The van der Waals surface area contributed by atoms with Gasteiger partial charge < -0.3 is 5.43 Å². The van der Waals surface area contributed by atoms with Crippen LogP contribution < -0.4 is 11.3 Å². The smallest absolute Gasteiger partial charge is 0.243 e. The number of sulfonamides is 1. The highest BCUT2D eigenvalue weighted by Crippen LogP contribution is 2.31. The van der Waals surface area contributed by atoms with Crippen molar-refractivity contribution in [3.63, 3.8) is 0 Å². The van der Waals surface area contributed by atoms with Crippen LogP contribution >= 0.6 is 0 Å². The van der Waals surface area contributed by atoms with Gasteiger partial charge >= 0.3 is 0 Å². The molecule has 0 radical (unpaired) electrons. The molecule has 1 fully saturated rings. The van der Waals surface area contributed by atoms with Gasteiger partial charge in [0.1, 0.15) is 0 Å². The van der Waals surface area contributed by atoms with Crippen molar-refractivity contribution in [3.8, 4) is 0 Å². The number of hydrazine groups is 1. The van der Waals surface area contributed by atoms with Crippen LogP contribution in [0.3, 0.4) is 0 Å². The molecule has 0 aromatic heterocycles. The zero-order chi connectivity index (χ0) is 14.9. The molecule has 1 saturated heterocycles. The Balaban J connectivity index is 2.32. The van der Waals surface area contributed by atoms with Gasteiger partial charge in [-0.3, -0.25) is 5.84 Å². The Kier molecular flexibility index (Phi) is 4.36. The molecule has 1 aliphatic rings. The molecule has 3 atom stereocenters. The van der Waals surface area contributed by atoms with Crippen LogP contribution in [0.5, 0.6) is 0 Å². The van der Waals surface area contributed by atoms with Crippen LogP contribution in [0.25, 0.3) is 0 Å². The third-order valence-electron chi connectivity index (χ3n) is 4.17. The van der Waals surface area contributed by atoms with E-state index in [2.05, 4.69) is 19.3 Å². The minimum absolute atomic E-state index is 0.0310. The number of nitrogen functional groups attached to an aromatic ring is 1. The summed E-state index contributed by atoms with van der Waals surface area (Å²) in [6.07, 6.45) is 1.07. The van der Waals surface area contributed by atoms with Crippen LogP contribution in [0.4, 0.5) is 5.69 Å². The number of nitrogens with zero attached hydrogens (tertiary/aromatic N) is 1. The molecule has 0 saturated carbocycles. The van der Waals surface area contributed by atoms with Gasteiger partial charge in [-0.05, 0) is 49.4 Å². The molecule has 20 heavy (non-hydrogen) atoms. The average Bonchev–Trinajstić information content (AvgIpc) is 2.42. The fourth-order valence-corrected chi connectivity index (χ4v) is 4.69. The quantitative estimate of drug-likeness (QED) is 0.661. The van der Waals surface area contributed by atoms with Gasteiger partial charge in [0.25, 0.3) is 0 Å². The second kappa shape index (κ2) is 5.71. The molecule has 3 unspecified atom stereocenters. The Morgan fingerprint density at radius 2 is 1.80 bits per heavy atom. The second-order valence-electron chi connectivity index (χ2n) is 5.80. The van der Waals surface area contributed by atoms with E-state index in [1.54, 1.807) is 28.6 Å². The number of benzene rings is 1. The summed E-state index contributed by atoms with van der Waals surface area (Å²) in [4.78, 5) is 0.324. The monoisotopic (exact) mass is 297 g/mol. The molecular formula is C14H23N3O2S. The van der Waals surface area contributed by atoms with Crippen molar-refractivity contribution in [3.05, 3.63) is 24.3 Å². The molecule has 1 heterocycles. The lowest BCUT2D eigenvalue weighted by molar-refractivity contribution is 0.157. The van der Waals surface area contributed by atoms with Gasteiger partial charge in [0, 0.05) is 18.3 Å². The maximum Gasteiger partial charge on any atom is 0.243 e. The number of piperidine rings is 1. The molecule has 6 heteroatoms. The molecule has 0 amide bonds. The summed E-state index contributed by atoms with van der Waals surface area (Å²) in [6.45, 7) is 6.80. The largest absolute Gasteiger partial charge is 0.324 e. The standard InChI is InChI=1S/C14H23N3O2S/c1-10-8-11(2)12(3)17(9-10)20(18,19)14-6-4-13(16-15)5-7-14/h4-7,10-12,16H,8-9,15H2,1-3H3. The number of hydrogen-bond donors (Lipinski definition) is 2. The first kappa shape index (κ1) is 15.3. The zero-order valence-corrected chi connectivity index (χ0v) is 13.0. The molecule has 3 N–H and O–H groups in total. The van der Waals surface area contributed by atoms with Gasteiger partial charge in [-0.15, -0.1) is 0 Å². The molecule has 2 rings (SSSR count). The molecular weight excluding hydrogens is 274 g/mol. The van der Waals surface area contributed by atoms with Crippen LogP contribution in [0, 0.1) is 11.8 Å². The van der Waals surface area contributed by atoms with Crippen molar-refractivity contribution in [1.29, 1.82) is 0 Å². The maximum absolute atomic E-state index is 12.8. The van der Waals surface area contributed by atoms with E-state index in [4.69, 9.17) is 5.84 Å². The summed E-state index contributed by atoms with van der Waals surface area (Å²) in [6, 6.07) is 6.58. The average molecular weight is 297 g/mol. The first-order valence-electron chi connectivity index (χ1n) is 6.94. The van der Waals surface area contributed by atoms with E-state index in [1.807, 2.05) is 6.92 Å². The Morgan fingerprint density at radius 3 is 2.35 bits per heavy atom. The fourth-order valence-electron chi connectivity index (χ4n) is 2.84. The highest BCUT2D eigenvalue weighted by Gasteiger charge is 2.37. The predicted molar refractivity (Wildman–Crippen MR) is 80.6 cm³/mol. The van der Waals surface area contributed by atoms with E-state index < -0.39 is 10.0 Å². The van der Waals surface area contributed by atoms with Crippen LogP contribution in [-0.2, 0) is 10.0 Å². The van der Waals surface area contributed by atoms with Gasteiger partial charge in [-0.2, -0.15) is 4.31 Å². The first-order chi connectivity index (χ1) is 9.36. The lowest BCUT2D eigenvalue weighted by atomic mass is 9.88. The van der Waals surface area contributed by atoms with Crippen molar-refractivity contribution in [2.75, 3.05) is 12.0 Å². The van der Waals surface area contributed by atoms with E-state index in [0.717, 1.165) is 6.42 Å². The summed E-state index contributed by atoms with van der Waals surface area (Å²) < 4.78 is 27.2. The minimum atomic E-state index is -3.44. The van der Waals surface area contributed by atoms with Crippen LogP contribution in [0.2, 0.25) is 0 Å². The van der Waals surface area contributed by atoms with E-state index in [0.29, 0.717) is 29.0 Å². The van der Waals surface area contributed by atoms with E-state index in [9.17, 15) is 8.42 Å². The van der Waals surface area contributed by atoms with Gasteiger partial charge in [0.15, 0.2) is 0 Å². The SMILES string of the molecule is CC1CC(C)C(C)N(S(=O)(=O)c2ccc(NN)cc2)C1.